The Labute approximate surface area is 143 Å². The molecule has 0 radical (unpaired) electrons. The normalized spacial score (nSPS) is 11.2. The molecule has 0 saturated carbocycles. The number of thioether (sulfide) groups is 2. The van der Waals surface area contributed by atoms with Crippen molar-refractivity contribution < 1.29 is 24.2 Å². The first kappa shape index (κ1) is 19.6. The van der Waals surface area contributed by atoms with E-state index in [4.69, 9.17) is 4.74 Å². The number of Topliss-reactive ketones (excluding diaryl/α,β-unsaturated/α-hetero) is 1. The molecule has 1 aromatic heterocycles. The number of nitrogens with one attached hydrogen (secondary N) is 1. The maximum Gasteiger partial charge on any atom is 0.323 e. The lowest BCUT2D eigenvalue weighted by Gasteiger charge is -2.26. The Morgan fingerprint density at radius 2 is 1.87 bits per heavy atom. The third kappa shape index (κ3) is 5.28. The van der Waals surface area contributed by atoms with E-state index in [1.54, 1.807) is 0 Å². The second kappa shape index (κ2) is 9.61. The number of carboxylic acid groups (broad SMARTS) is 1. The van der Waals surface area contributed by atoms with Gasteiger partial charge in [0.15, 0.2) is 17.8 Å². The Hall–Kier alpha value is -1.48. The number of carbonyl (C=O) groups excluding carboxylic acids is 2. The molecular weight excluding hydrogens is 340 g/mol. The van der Waals surface area contributed by atoms with Crippen LogP contribution in [0.15, 0.2) is 12.4 Å². The molecule has 128 valence electrons. The van der Waals surface area contributed by atoms with Crippen LogP contribution in [0, 0.1) is 5.41 Å². The molecule has 0 aliphatic carbocycles. The second-order valence-corrected chi connectivity index (χ2v) is 6.78. The van der Waals surface area contributed by atoms with Crippen LogP contribution in [0.1, 0.15) is 23.5 Å². The summed E-state index contributed by atoms with van der Waals surface area (Å²) in [4.78, 5) is 42.3. The first-order valence-electron chi connectivity index (χ1n) is 6.89. The number of aromatic amines is 1. The molecule has 0 unspecified atom stereocenters. The summed E-state index contributed by atoms with van der Waals surface area (Å²) in [7, 11) is 0. The molecule has 0 amide bonds. The number of hydrogen-bond donors (Lipinski definition) is 2. The van der Waals surface area contributed by atoms with Crippen LogP contribution in [0.2, 0.25) is 0 Å². The van der Waals surface area contributed by atoms with E-state index >= 15 is 0 Å². The number of hydrogen-bond acceptors (Lipinski definition) is 7. The molecule has 23 heavy (non-hydrogen) atoms. The average molecular weight is 360 g/mol. The molecule has 0 aromatic carbocycles. The molecule has 0 fully saturated rings. The summed E-state index contributed by atoms with van der Waals surface area (Å²) >= 11 is 2.92. The van der Waals surface area contributed by atoms with Crippen molar-refractivity contribution in [3.63, 3.8) is 0 Å². The number of aliphatic carboxylic acids is 1. The minimum Gasteiger partial charge on any atom is -0.480 e. The summed E-state index contributed by atoms with van der Waals surface area (Å²) in [6.45, 7) is -0.528. The number of nitrogens with zero attached hydrogens (tertiary/aromatic N) is 1. The van der Waals surface area contributed by atoms with Crippen LogP contribution in [0.5, 0.6) is 0 Å². The average Bonchev–Trinajstić information content (AvgIpc) is 3.07. The zero-order chi connectivity index (χ0) is 17.3. The third-order valence-corrected chi connectivity index (χ3v) is 4.59. The standard InChI is InChI=1S/C14H20N2O5S2/c1-22-7-3-14(12(18)19,4-8-23-2)13(20)21-9-10(17)11-15-5-6-16-11/h5-6H,3-4,7-9H2,1-2H3,(H,15,16)(H,18,19). The second-order valence-electron chi connectivity index (χ2n) is 4.81. The van der Waals surface area contributed by atoms with Gasteiger partial charge in [-0.15, -0.1) is 0 Å². The molecule has 0 aliphatic rings. The van der Waals surface area contributed by atoms with Gasteiger partial charge in [0, 0.05) is 12.4 Å². The monoisotopic (exact) mass is 360 g/mol. The number of carbonyl (C=O) groups is 3. The number of rotatable bonds is 11. The number of imidazole rings is 1. The Kier molecular flexibility index (Phi) is 8.18. The Bertz CT molecular complexity index is 525. The van der Waals surface area contributed by atoms with Gasteiger partial charge in [-0.1, -0.05) is 0 Å². The fourth-order valence-electron chi connectivity index (χ4n) is 1.94. The first-order valence-corrected chi connectivity index (χ1v) is 9.67. The van der Waals surface area contributed by atoms with Crippen molar-refractivity contribution in [3.8, 4) is 0 Å². The molecule has 9 heteroatoms. The van der Waals surface area contributed by atoms with Crippen molar-refractivity contribution in [2.24, 2.45) is 5.41 Å². The SMILES string of the molecule is CSCCC(CCSC)(C(=O)O)C(=O)OCC(=O)c1ncc[nH]1. The van der Waals surface area contributed by atoms with Gasteiger partial charge in [-0.2, -0.15) is 23.5 Å². The van der Waals surface area contributed by atoms with Gasteiger partial charge < -0.3 is 14.8 Å². The Morgan fingerprint density at radius 3 is 2.30 bits per heavy atom. The van der Waals surface area contributed by atoms with Crippen LogP contribution >= 0.6 is 23.5 Å². The molecule has 1 heterocycles. The van der Waals surface area contributed by atoms with Gasteiger partial charge in [-0.05, 0) is 36.9 Å². The lowest BCUT2D eigenvalue weighted by atomic mass is 9.82. The summed E-state index contributed by atoms with van der Waals surface area (Å²) < 4.78 is 5.00. The number of ketones is 1. The van der Waals surface area contributed by atoms with Gasteiger partial charge in [-0.3, -0.25) is 14.4 Å². The first-order chi connectivity index (χ1) is 11.0. The molecule has 1 rings (SSSR count). The van der Waals surface area contributed by atoms with Gasteiger partial charge in [-0.25, -0.2) is 4.98 Å². The van der Waals surface area contributed by atoms with E-state index in [2.05, 4.69) is 9.97 Å². The van der Waals surface area contributed by atoms with E-state index in [1.807, 2.05) is 12.5 Å². The smallest absolute Gasteiger partial charge is 0.323 e. The summed E-state index contributed by atoms with van der Waals surface area (Å²) in [6, 6.07) is 0. The quantitative estimate of drug-likeness (QED) is 0.349. The minimum atomic E-state index is -1.62. The van der Waals surface area contributed by atoms with Gasteiger partial charge in [0.05, 0.1) is 0 Å². The minimum absolute atomic E-state index is 0.0759. The van der Waals surface area contributed by atoms with Gasteiger partial charge in [0.2, 0.25) is 5.78 Å². The highest BCUT2D eigenvalue weighted by atomic mass is 32.2. The molecule has 1 aromatic rings. The molecular formula is C14H20N2O5S2. The molecule has 0 atom stereocenters. The van der Waals surface area contributed by atoms with E-state index in [1.165, 1.54) is 35.9 Å². The predicted molar refractivity (Wildman–Crippen MR) is 89.9 cm³/mol. The summed E-state index contributed by atoms with van der Waals surface area (Å²) in [5.74, 6) is -1.47. The van der Waals surface area contributed by atoms with E-state index in [9.17, 15) is 19.5 Å². The van der Waals surface area contributed by atoms with E-state index < -0.39 is 29.7 Å². The third-order valence-electron chi connectivity index (χ3n) is 3.36. The van der Waals surface area contributed by atoms with Crippen LogP contribution in [0.3, 0.4) is 0 Å². The molecule has 0 spiro atoms. The topological polar surface area (TPSA) is 109 Å². The lowest BCUT2D eigenvalue weighted by molar-refractivity contribution is -0.168. The van der Waals surface area contributed by atoms with Crippen molar-refractivity contribution in [3.05, 3.63) is 18.2 Å². The van der Waals surface area contributed by atoms with Crippen LogP contribution in [0.25, 0.3) is 0 Å². The van der Waals surface area contributed by atoms with E-state index in [0.717, 1.165) is 0 Å². The maximum atomic E-state index is 12.4. The number of ether oxygens (including phenoxy) is 1. The lowest BCUT2D eigenvalue weighted by Crippen LogP contribution is -2.42. The molecule has 2 N–H and O–H groups in total. The number of H-pyrrole nitrogens is 1. The zero-order valence-electron chi connectivity index (χ0n) is 13.0. The van der Waals surface area contributed by atoms with Crippen molar-refractivity contribution in [2.75, 3.05) is 30.6 Å². The van der Waals surface area contributed by atoms with Crippen LogP contribution in [-0.2, 0) is 14.3 Å². The maximum absolute atomic E-state index is 12.4. The fraction of sp³-hybridized carbons (Fsp3) is 0.571. The fourth-order valence-corrected chi connectivity index (χ4v) is 3.04. The van der Waals surface area contributed by atoms with Crippen molar-refractivity contribution in [2.45, 2.75) is 12.8 Å². The molecule has 0 saturated heterocycles. The molecule has 0 bridgehead atoms. The summed E-state index contributed by atoms with van der Waals surface area (Å²) in [5, 5.41) is 9.57. The highest BCUT2D eigenvalue weighted by molar-refractivity contribution is 7.98. The van der Waals surface area contributed by atoms with Gasteiger partial charge in [0.25, 0.3) is 0 Å². The predicted octanol–water partition coefficient (Wildman–Crippen LogP) is 1.71. The van der Waals surface area contributed by atoms with Crippen LogP contribution in [0.4, 0.5) is 0 Å². The van der Waals surface area contributed by atoms with Crippen molar-refractivity contribution >= 4 is 41.2 Å². The Morgan fingerprint density at radius 1 is 1.26 bits per heavy atom. The molecule has 0 aliphatic heterocycles. The highest BCUT2D eigenvalue weighted by Crippen LogP contribution is 2.32. The highest BCUT2D eigenvalue weighted by Gasteiger charge is 2.47. The van der Waals surface area contributed by atoms with E-state index in [0.29, 0.717) is 11.5 Å². The van der Waals surface area contributed by atoms with Crippen LogP contribution in [-0.4, -0.2) is 63.4 Å². The zero-order valence-corrected chi connectivity index (χ0v) is 14.7. The summed E-state index contributed by atoms with van der Waals surface area (Å²) in [5.41, 5.74) is -1.62. The van der Waals surface area contributed by atoms with Gasteiger partial charge in [0.1, 0.15) is 0 Å². The number of aromatic nitrogens is 2. The summed E-state index contributed by atoms with van der Waals surface area (Å²) in [6.07, 6.45) is 6.90. The Balaban J connectivity index is 2.80. The van der Waals surface area contributed by atoms with Crippen LogP contribution < -0.4 is 0 Å². The number of carboxylic acids is 1. The van der Waals surface area contributed by atoms with Crippen molar-refractivity contribution in [1.29, 1.82) is 0 Å². The van der Waals surface area contributed by atoms with E-state index in [-0.39, 0.29) is 18.7 Å². The number of esters is 1. The van der Waals surface area contributed by atoms with Gasteiger partial charge >= 0.3 is 11.9 Å². The van der Waals surface area contributed by atoms with Crippen molar-refractivity contribution in [1.82, 2.24) is 9.97 Å². The molecule has 7 nitrogen and oxygen atoms in total. The largest absolute Gasteiger partial charge is 0.480 e.